The Labute approximate surface area is 92.8 Å². The minimum absolute atomic E-state index is 0.687. The number of carbonyl (C=O) groups is 2. The second-order valence-corrected chi connectivity index (χ2v) is 3.19. The largest absolute Gasteiger partial charge is 0.480 e. The summed E-state index contributed by atoms with van der Waals surface area (Å²) in [6, 6.07) is -1.29. The summed E-state index contributed by atoms with van der Waals surface area (Å²) in [4.78, 5) is 21.8. The van der Waals surface area contributed by atoms with Crippen molar-refractivity contribution in [3.05, 3.63) is 17.5 Å². The fourth-order valence-corrected chi connectivity index (χ4v) is 1.01. The van der Waals surface area contributed by atoms with Gasteiger partial charge in [0.25, 0.3) is 5.91 Å². The van der Waals surface area contributed by atoms with Crippen LogP contribution in [0.1, 0.15) is 23.0 Å². The molecule has 0 aliphatic carbocycles. The van der Waals surface area contributed by atoms with E-state index in [-0.39, 0.29) is 0 Å². The van der Waals surface area contributed by atoms with Crippen LogP contribution in [0.5, 0.6) is 0 Å². The van der Waals surface area contributed by atoms with Gasteiger partial charge in [0, 0.05) is 0 Å². The fourth-order valence-electron chi connectivity index (χ4n) is 1.01. The lowest BCUT2D eigenvalue weighted by atomic mass is 10.2. The number of aromatic amines is 1. The number of hydrogen-bond acceptors (Lipinski definition) is 3. The van der Waals surface area contributed by atoms with Gasteiger partial charge in [-0.15, -0.1) is 0 Å². The molecule has 1 amide bonds. The Morgan fingerprint density at radius 3 is 2.59 bits per heavy atom. The molecule has 0 fully saturated rings. The molecule has 1 atom stereocenters. The highest BCUT2D eigenvalue weighted by molar-refractivity contribution is 5.97. The van der Waals surface area contributed by atoms with Crippen LogP contribution in [0.2, 0.25) is 0 Å². The van der Waals surface area contributed by atoms with Crippen LogP contribution in [0.4, 0.5) is 13.2 Å². The predicted octanol–water partition coefficient (Wildman–Crippen LogP) is 0.631. The number of nitrogens with zero attached hydrogens (tertiary/aromatic N) is 1. The first-order valence-corrected chi connectivity index (χ1v) is 4.37. The molecule has 1 aromatic heterocycles. The zero-order chi connectivity index (χ0) is 13.2. The van der Waals surface area contributed by atoms with E-state index in [9.17, 15) is 22.8 Å². The number of halogens is 3. The fraction of sp³-hybridized carbons (Fsp3) is 0.375. The summed E-state index contributed by atoms with van der Waals surface area (Å²) in [5, 5.41) is 15.1. The molecule has 0 saturated carbocycles. The second-order valence-electron chi connectivity index (χ2n) is 3.19. The lowest BCUT2D eigenvalue weighted by Crippen LogP contribution is -2.38. The topological polar surface area (TPSA) is 95.1 Å². The van der Waals surface area contributed by atoms with E-state index in [1.807, 2.05) is 5.32 Å². The Kier molecular flexibility index (Phi) is 3.39. The van der Waals surface area contributed by atoms with Crippen LogP contribution in [-0.2, 0) is 11.0 Å². The first-order chi connectivity index (χ1) is 7.73. The van der Waals surface area contributed by atoms with E-state index in [1.54, 1.807) is 5.10 Å². The summed E-state index contributed by atoms with van der Waals surface area (Å²) in [6.07, 6.45) is -4.07. The zero-order valence-corrected chi connectivity index (χ0v) is 8.50. The molecule has 9 heteroatoms. The summed E-state index contributed by atoms with van der Waals surface area (Å²) in [5.74, 6) is -2.50. The number of amides is 1. The molecular weight excluding hydrogens is 243 g/mol. The van der Waals surface area contributed by atoms with Gasteiger partial charge in [-0.25, -0.2) is 0 Å². The molecule has 0 unspecified atom stereocenters. The van der Waals surface area contributed by atoms with Gasteiger partial charge in [-0.3, -0.25) is 14.7 Å². The summed E-state index contributed by atoms with van der Waals surface area (Å²) in [6.45, 7) is 1.13. The molecule has 1 heterocycles. The summed E-state index contributed by atoms with van der Waals surface area (Å²) >= 11 is 0. The van der Waals surface area contributed by atoms with Gasteiger partial charge in [-0.2, -0.15) is 18.3 Å². The van der Waals surface area contributed by atoms with E-state index in [0.717, 1.165) is 6.92 Å². The van der Waals surface area contributed by atoms with Crippen LogP contribution in [-0.4, -0.2) is 33.2 Å². The molecule has 0 aliphatic rings. The standard InChI is InChI=1S/C8H8F3N3O3/c1-3(7(16)17)13-6(15)4-2-12-14-5(4)8(9,10)11/h2-3H,1H3,(H,12,14)(H,13,15)(H,16,17)/t3-/m0/s1. The van der Waals surface area contributed by atoms with Gasteiger partial charge in [0.05, 0.1) is 11.8 Å². The number of carboxylic acid groups (broad SMARTS) is 1. The van der Waals surface area contributed by atoms with Crippen molar-refractivity contribution in [2.24, 2.45) is 0 Å². The number of aromatic nitrogens is 2. The molecule has 0 radical (unpaired) electrons. The number of alkyl halides is 3. The second kappa shape index (κ2) is 4.44. The Morgan fingerprint density at radius 1 is 1.53 bits per heavy atom. The highest BCUT2D eigenvalue weighted by Gasteiger charge is 2.37. The maximum Gasteiger partial charge on any atom is 0.433 e. The van der Waals surface area contributed by atoms with Gasteiger partial charge in [0.15, 0.2) is 5.69 Å². The Balaban J connectivity index is 2.91. The maximum atomic E-state index is 12.4. The van der Waals surface area contributed by atoms with Crippen LogP contribution in [0.3, 0.4) is 0 Å². The Bertz CT molecular complexity index is 441. The zero-order valence-electron chi connectivity index (χ0n) is 8.50. The average Bonchev–Trinajstić information content (AvgIpc) is 2.64. The SMILES string of the molecule is C[C@H](NC(=O)c1cn[nH]c1C(F)(F)F)C(=O)O. The molecule has 6 nitrogen and oxygen atoms in total. The maximum absolute atomic E-state index is 12.4. The van der Waals surface area contributed by atoms with Crippen molar-refractivity contribution < 1.29 is 27.9 Å². The molecule has 0 saturated heterocycles. The average molecular weight is 251 g/mol. The summed E-state index contributed by atoms with van der Waals surface area (Å²) in [7, 11) is 0. The van der Waals surface area contributed by atoms with Gasteiger partial charge in [0.2, 0.25) is 0 Å². The van der Waals surface area contributed by atoms with Crippen LogP contribution in [0, 0.1) is 0 Å². The van der Waals surface area contributed by atoms with Crippen LogP contribution in [0.15, 0.2) is 6.20 Å². The third-order valence-corrected chi connectivity index (χ3v) is 1.89. The first kappa shape index (κ1) is 13.0. The minimum atomic E-state index is -4.75. The third kappa shape index (κ3) is 2.95. The minimum Gasteiger partial charge on any atom is -0.480 e. The van der Waals surface area contributed by atoms with Crippen molar-refractivity contribution >= 4 is 11.9 Å². The first-order valence-electron chi connectivity index (χ1n) is 4.37. The van der Waals surface area contributed by atoms with E-state index in [4.69, 9.17) is 5.11 Å². The van der Waals surface area contributed by atoms with Crippen molar-refractivity contribution in [1.29, 1.82) is 0 Å². The monoisotopic (exact) mass is 251 g/mol. The number of rotatable bonds is 3. The Morgan fingerprint density at radius 2 is 2.12 bits per heavy atom. The van der Waals surface area contributed by atoms with Crippen molar-refractivity contribution in [3.63, 3.8) is 0 Å². The summed E-state index contributed by atoms with van der Waals surface area (Å²) in [5.41, 5.74) is -2.06. The van der Waals surface area contributed by atoms with Crippen molar-refractivity contribution in [2.75, 3.05) is 0 Å². The smallest absolute Gasteiger partial charge is 0.433 e. The number of aliphatic carboxylic acids is 1. The molecule has 94 valence electrons. The van der Waals surface area contributed by atoms with E-state index >= 15 is 0 Å². The number of hydrogen-bond donors (Lipinski definition) is 3. The predicted molar refractivity (Wildman–Crippen MR) is 48.2 cm³/mol. The molecule has 1 rings (SSSR count). The number of carbonyl (C=O) groups excluding carboxylic acids is 1. The molecular formula is C8H8F3N3O3. The molecule has 1 aromatic rings. The summed E-state index contributed by atoms with van der Waals surface area (Å²) < 4.78 is 37.1. The Hall–Kier alpha value is -2.06. The molecule has 17 heavy (non-hydrogen) atoms. The highest BCUT2D eigenvalue weighted by atomic mass is 19.4. The molecule has 0 aliphatic heterocycles. The molecule has 0 bridgehead atoms. The van der Waals surface area contributed by atoms with Gasteiger partial charge < -0.3 is 10.4 Å². The molecule has 0 spiro atoms. The number of nitrogens with one attached hydrogen (secondary N) is 2. The van der Waals surface area contributed by atoms with E-state index in [0.29, 0.717) is 6.20 Å². The van der Waals surface area contributed by atoms with Crippen LogP contribution < -0.4 is 5.32 Å². The van der Waals surface area contributed by atoms with Crippen molar-refractivity contribution in [3.8, 4) is 0 Å². The van der Waals surface area contributed by atoms with Crippen molar-refractivity contribution in [2.45, 2.75) is 19.1 Å². The van der Waals surface area contributed by atoms with Gasteiger partial charge in [0.1, 0.15) is 6.04 Å². The van der Waals surface area contributed by atoms with Crippen LogP contribution >= 0.6 is 0 Å². The van der Waals surface area contributed by atoms with E-state index in [1.165, 1.54) is 0 Å². The molecule has 0 aromatic carbocycles. The lowest BCUT2D eigenvalue weighted by molar-refractivity contribution is -0.141. The van der Waals surface area contributed by atoms with Gasteiger partial charge in [-0.1, -0.05) is 0 Å². The van der Waals surface area contributed by atoms with Crippen molar-refractivity contribution in [1.82, 2.24) is 15.5 Å². The normalized spacial score (nSPS) is 13.2. The lowest BCUT2D eigenvalue weighted by Gasteiger charge is -2.10. The van der Waals surface area contributed by atoms with E-state index < -0.39 is 35.4 Å². The quantitative estimate of drug-likeness (QED) is 0.734. The number of carboxylic acids is 1. The number of H-pyrrole nitrogens is 1. The third-order valence-electron chi connectivity index (χ3n) is 1.89. The highest BCUT2D eigenvalue weighted by Crippen LogP contribution is 2.29. The molecule has 3 N–H and O–H groups in total. The van der Waals surface area contributed by atoms with E-state index in [2.05, 4.69) is 5.10 Å². The van der Waals surface area contributed by atoms with Gasteiger partial charge in [-0.05, 0) is 6.92 Å². The van der Waals surface area contributed by atoms with Crippen LogP contribution in [0.25, 0.3) is 0 Å². The van der Waals surface area contributed by atoms with Gasteiger partial charge >= 0.3 is 12.1 Å².